The molecular weight excluding hydrogens is 649 g/mol. The number of nitrogens with zero attached hydrogens (tertiary/aromatic N) is 3. The van der Waals surface area contributed by atoms with Crippen LogP contribution in [0.15, 0.2) is 119 Å². The molecule has 6 aromatic rings. The third-order valence-electron chi connectivity index (χ3n) is 7.21. The van der Waals surface area contributed by atoms with Crippen LogP contribution in [0.25, 0.3) is 10.9 Å². The molecule has 0 aliphatic heterocycles. The van der Waals surface area contributed by atoms with Gasteiger partial charge in [-0.3, -0.25) is 14.5 Å². The standard InChI is InChI=1S/C33H26BrCl2N5O2/c34-26-20-27-28(31(42)39-32(36)38-27)30(29(26)35)43-19-17-37-21-25-16-18-41(40-25)33(22-10-4-1-5-11-22,23-12-6-2-7-13-23)24-14-8-3-9-15-24/h1-16,18,20,37H,17,19,21H2,(H,38,39,42). The number of ether oxygens (including phenoxy) is 1. The van der Waals surface area contributed by atoms with Crippen molar-refractivity contribution in [2.75, 3.05) is 13.2 Å². The summed E-state index contributed by atoms with van der Waals surface area (Å²) in [5, 5.41) is 8.99. The van der Waals surface area contributed by atoms with E-state index in [9.17, 15) is 4.79 Å². The van der Waals surface area contributed by atoms with E-state index in [0.717, 1.165) is 22.4 Å². The summed E-state index contributed by atoms with van der Waals surface area (Å²) >= 11 is 15.8. The van der Waals surface area contributed by atoms with Gasteiger partial charge in [0.15, 0.2) is 5.75 Å². The van der Waals surface area contributed by atoms with E-state index in [2.05, 4.69) is 104 Å². The average Bonchev–Trinajstić information content (AvgIpc) is 3.50. The highest BCUT2D eigenvalue weighted by atomic mass is 79.9. The van der Waals surface area contributed by atoms with E-state index in [4.69, 9.17) is 33.0 Å². The van der Waals surface area contributed by atoms with E-state index in [1.54, 1.807) is 6.07 Å². The van der Waals surface area contributed by atoms with Gasteiger partial charge in [0.2, 0.25) is 5.28 Å². The zero-order valence-electron chi connectivity index (χ0n) is 22.8. The van der Waals surface area contributed by atoms with Crippen LogP contribution in [-0.4, -0.2) is 32.9 Å². The number of aromatic amines is 1. The summed E-state index contributed by atoms with van der Waals surface area (Å²) in [5.74, 6) is 0.251. The molecule has 0 bridgehead atoms. The highest BCUT2D eigenvalue weighted by molar-refractivity contribution is 9.10. The summed E-state index contributed by atoms with van der Waals surface area (Å²) in [5.41, 5.74) is 3.47. The molecule has 0 amide bonds. The monoisotopic (exact) mass is 673 g/mol. The minimum absolute atomic E-state index is 0.00501. The Morgan fingerprint density at radius 1 is 0.884 bits per heavy atom. The second kappa shape index (κ2) is 12.7. The fourth-order valence-corrected chi connectivity index (χ4v) is 6.12. The topological polar surface area (TPSA) is 84.8 Å². The molecule has 2 N–H and O–H groups in total. The van der Waals surface area contributed by atoms with E-state index in [0.29, 0.717) is 28.1 Å². The molecule has 7 nitrogen and oxygen atoms in total. The molecule has 6 rings (SSSR count). The van der Waals surface area contributed by atoms with Crippen molar-refractivity contribution in [3.63, 3.8) is 0 Å². The molecule has 0 spiro atoms. The molecule has 2 heterocycles. The first-order valence-electron chi connectivity index (χ1n) is 13.6. The van der Waals surface area contributed by atoms with E-state index in [1.165, 1.54) is 0 Å². The Bertz CT molecular complexity index is 1820. The van der Waals surface area contributed by atoms with Gasteiger partial charge in [-0.2, -0.15) is 5.10 Å². The third-order valence-corrected chi connectivity index (χ3v) is 8.62. The molecule has 216 valence electrons. The van der Waals surface area contributed by atoms with Gasteiger partial charge in [0.25, 0.3) is 5.56 Å². The number of rotatable bonds is 10. The smallest absolute Gasteiger partial charge is 0.263 e. The lowest BCUT2D eigenvalue weighted by Gasteiger charge is -2.36. The first-order valence-corrected chi connectivity index (χ1v) is 15.2. The summed E-state index contributed by atoms with van der Waals surface area (Å²) in [6.45, 7) is 1.25. The first kappa shape index (κ1) is 29.1. The fourth-order valence-electron chi connectivity index (χ4n) is 5.34. The highest BCUT2D eigenvalue weighted by Gasteiger charge is 2.39. The molecule has 0 atom stereocenters. The zero-order chi connectivity index (χ0) is 29.8. The summed E-state index contributed by atoms with van der Waals surface area (Å²) in [6, 6.07) is 34.9. The number of fused-ring (bicyclic) bond motifs is 1. The van der Waals surface area contributed by atoms with Crippen LogP contribution in [0.4, 0.5) is 0 Å². The summed E-state index contributed by atoms with van der Waals surface area (Å²) in [6.07, 6.45) is 2.03. The summed E-state index contributed by atoms with van der Waals surface area (Å²) < 4.78 is 8.57. The molecule has 43 heavy (non-hydrogen) atoms. The molecule has 0 saturated carbocycles. The maximum Gasteiger partial charge on any atom is 0.263 e. The molecule has 4 aromatic carbocycles. The number of aromatic nitrogens is 4. The maximum absolute atomic E-state index is 12.6. The highest BCUT2D eigenvalue weighted by Crippen LogP contribution is 2.40. The third kappa shape index (κ3) is 5.71. The lowest BCUT2D eigenvalue weighted by Crippen LogP contribution is -2.38. The van der Waals surface area contributed by atoms with Crippen LogP contribution < -0.4 is 15.6 Å². The van der Waals surface area contributed by atoms with Gasteiger partial charge in [0.05, 0.1) is 16.2 Å². The molecule has 0 unspecified atom stereocenters. The molecule has 2 aromatic heterocycles. The van der Waals surface area contributed by atoms with E-state index < -0.39 is 11.1 Å². The second-order valence-electron chi connectivity index (χ2n) is 9.84. The van der Waals surface area contributed by atoms with Gasteiger partial charge in [-0.1, -0.05) is 103 Å². The van der Waals surface area contributed by atoms with Gasteiger partial charge in [-0.05, 0) is 56.4 Å². The van der Waals surface area contributed by atoms with E-state index >= 15 is 0 Å². The predicted molar refractivity (Wildman–Crippen MR) is 174 cm³/mol. The number of hydrogen-bond donors (Lipinski definition) is 2. The van der Waals surface area contributed by atoms with Crippen molar-refractivity contribution in [3.05, 3.63) is 157 Å². The van der Waals surface area contributed by atoms with E-state index in [-0.39, 0.29) is 23.0 Å². The number of nitrogens with one attached hydrogen (secondary N) is 2. The van der Waals surface area contributed by atoms with Gasteiger partial charge in [-0.15, -0.1) is 0 Å². The summed E-state index contributed by atoms with van der Waals surface area (Å²) in [4.78, 5) is 19.3. The van der Waals surface area contributed by atoms with Crippen molar-refractivity contribution in [2.45, 2.75) is 12.1 Å². The Morgan fingerprint density at radius 2 is 1.47 bits per heavy atom. The average molecular weight is 675 g/mol. The van der Waals surface area contributed by atoms with Crippen molar-refractivity contribution in [2.24, 2.45) is 0 Å². The first-order chi connectivity index (χ1) is 21.0. The normalized spacial score (nSPS) is 11.6. The van der Waals surface area contributed by atoms with Crippen molar-refractivity contribution >= 4 is 50.0 Å². The Kier molecular flexibility index (Phi) is 8.63. The number of halogens is 3. The molecule has 0 fully saturated rings. The van der Waals surface area contributed by atoms with Crippen molar-refractivity contribution in [1.82, 2.24) is 25.1 Å². The van der Waals surface area contributed by atoms with Crippen LogP contribution in [0.2, 0.25) is 10.3 Å². The Hall–Kier alpha value is -3.95. The Labute approximate surface area is 266 Å². The minimum Gasteiger partial charge on any atom is -0.490 e. The van der Waals surface area contributed by atoms with Crippen molar-refractivity contribution < 1.29 is 4.74 Å². The van der Waals surface area contributed by atoms with Crippen molar-refractivity contribution in [3.8, 4) is 5.75 Å². The lowest BCUT2D eigenvalue weighted by molar-refractivity contribution is 0.316. The molecule has 10 heteroatoms. The quantitative estimate of drug-likeness (QED) is 0.0913. The summed E-state index contributed by atoms with van der Waals surface area (Å²) in [7, 11) is 0. The molecule has 0 radical (unpaired) electrons. The van der Waals surface area contributed by atoms with Gasteiger partial charge >= 0.3 is 0 Å². The van der Waals surface area contributed by atoms with Gasteiger partial charge in [0, 0.05) is 23.8 Å². The Morgan fingerprint density at radius 3 is 2.05 bits per heavy atom. The molecule has 0 saturated heterocycles. The van der Waals surface area contributed by atoms with Crippen LogP contribution in [0, 0.1) is 0 Å². The Balaban J connectivity index is 1.24. The number of benzene rings is 4. The lowest BCUT2D eigenvalue weighted by atomic mass is 9.77. The van der Waals surface area contributed by atoms with Crippen LogP contribution in [0.5, 0.6) is 5.75 Å². The molecule has 0 aliphatic rings. The van der Waals surface area contributed by atoms with Crippen molar-refractivity contribution in [1.29, 1.82) is 0 Å². The minimum atomic E-state index is -0.673. The fraction of sp³-hybridized carbons (Fsp3) is 0.121. The zero-order valence-corrected chi connectivity index (χ0v) is 25.9. The second-order valence-corrected chi connectivity index (χ2v) is 11.4. The molecule has 0 aliphatic carbocycles. The van der Waals surface area contributed by atoms with Crippen LogP contribution in [0.3, 0.4) is 0 Å². The largest absolute Gasteiger partial charge is 0.490 e. The number of H-pyrrole nitrogens is 1. The maximum atomic E-state index is 12.6. The number of hydrogen-bond acceptors (Lipinski definition) is 5. The van der Waals surface area contributed by atoms with Crippen LogP contribution >= 0.6 is 39.1 Å². The van der Waals surface area contributed by atoms with E-state index in [1.807, 2.05) is 35.1 Å². The van der Waals surface area contributed by atoms with Gasteiger partial charge in [-0.25, -0.2) is 4.98 Å². The van der Waals surface area contributed by atoms with Crippen LogP contribution in [0.1, 0.15) is 22.4 Å². The van der Waals surface area contributed by atoms with Gasteiger partial charge in [0.1, 0.15) is 17.5 Å². The van der Waals surface area contributed by atoms with Gasteiger partial charge < -0.3 is 10.1 Å². The molecular formula is C33H26BrCl2N5O2. The predicted octanol–water partition coefficient (Wildman–Crippen LogP) is 7.20. The van der Waals surface area contributed by atoms with Crippen LogP contribution in [-0.2, 0) is 12.1 Å². The SMILES string of the molecule is O=c1[nH]c(Cl)nc2cc(Br)c(Cl)c(OCCNCc3ccn(C(c4ccccc4)(c4ccccc4)c4ccccc4)n3)c12.